The predicted molar refractivity (Wildman–Crippen MR) is 593 cm³/mol. The number of imidazole rings is 9. The van der Waals surface area contributed by atoms with Gasteiger partial charge in [0, 0.05) is 128 Å². The summed E-state index contributed by atoms with van der Waals surface area (Å²) >= 11 is 0. The summed E-state index contributed by atoms with van der Waals surface area (Å²) in [5, 5.41) is 64.0. The molecule has 0 radical (unpaired) electrons. The van der Waals surface area contributed by atoms with Crippen LogP contribution in [0.15, 0.2) is 61.6 Å². The van der Waals surface area contributed by atoms with Gasteiger partial charge in [-0.1, -0.05) is 140 Å². The fourth-order valence-electron chi connectivity index (χ4n) is 16.4. The number of nitrogens with zero attached hydrogens (tertiary/aromatic N) is 25. The fourth-order valence-corrected chi connectivity index (χ4v) is 16.4. The molecule has 0 amide bonds. The predicted octanol–water partition coefficient (Wildman–Crippen LogP) is 26.6. The largest absolute Gasteiger partial charge is 0.434 e. The molecule has 2 N–H and O–H groups in total. The first-order valence-electron chi connectivity index (χ1n) is 49.4. The third kappa shape index (κ3) is 38.4. The summed E-state index contributed by atoms with van der Waals surface area (Å²) < 4.78 is 19.1. The van der Waals surface area contributed by atoms with E-state index in [1.54, 1.807) is 84.5 Å². The van der Waals surface area contributed by atoms with Crippen LogP contribution in [-0.4, -0.2) is 130 Å². The molecule has 0 aromatic carbocycles. The standard InChI is InChI=1S/C10H16N2O2.C10H18N2.2C9H15N3O2.2C9H14N2O2.4C9H16N2.C8H13N3O2.C8H14N2/c1-7-6-8(2)11(10(3,4)5)9(7)12(13)14;1-7-8(2)12(9(3)11-7)10(4,5)6;1-6-7(9(2,3)4)10-8(11(6)5)12(13)14;1-6-7(9(2,3)4)11(5)8(10-6)12(13)14;1-7-5-6-10(9(2,3)4)8(7)11(12)13;1-7-5-6-8(11(12)13)10(7)9(2,3)4;1-7-10-8(6-11(7)5)9(2,3)4;1-7-10-6-8(11(7)5)9(2,3)4;1-7-8(2)11(6-10-7)9(3,4)5;1-7-6-11(8(2)10-7)9(3,4)5;1-5-6(8(2,3)4)10-7(9-5)11(12)13;1-6-9-5-7(10-6)8(2,3)4/h6H,1-5H3;1-6H3;2*1-5H3;2*5-6H,1-4H3;4*6H,1-5H3;1-4H3,(H,9,10);5H,1-4H3,(H,9,10). The van der Waals surface area contributed by atoms with Gasteiger partial charge in [0.1, 0.15) is 74.2 Å². The van der Waals surface area contributed by atoms with Gasteiger partial charge in [-0.3, -0.25) is 0 Å². The molecule has 0 bridgehead atoms. The Bertz CT molecular complexity index is 6280. The molecule has 0 unspecified atom stereocenters. The molecule has 822 valence electrons. The van der Waals surface area contributed by atoms with E-state index >= 15 is 0 Å². The van der Waals surface area contributed by atoms with Crippen molar-refractivity contribution in [1.29, 1.82) is 0 Å². The number of rotatable bonds is 6. The molecular weight excluding hydrogens is 1870 g/mol. The fraction of sp³-hybridized carbons (Fsp3) is 0.639. The van der Waals surface area contributed by atoms with Crippen molar-refractivity contribution < 1.29 is 29.5 Å². The maximum atomic E-state index is 10.9. The highest BCUT2D eigenvalue weighted by atomic mass is 16.7. The van der Waals surface area contributed by atoms with Gasteiger partial charge in [0.25, 0.3) is 0 Å². The van der Waals surface area contributed by atoms with Crippen LogP contribution in [0, 0.1) is 178 Å². The molecule has 0 atom stereocenters. The van der Waals surface area contributed by atoms with Crippen molar-refractivity contribution in [2.24, 2.45) is 28.2 Å². The van der Waals surface area contributed by atoms with Crippen LogP contribution in [-0.2, 0) is 93.9 Å². The van der Waals surface area contributed by atoms with Crippen LogP contribution in [0.25, 0.3) is 0 Å². The number of aromatic nitrogens is 21. The van der Waals surface area contributed by atoms with Crippen molar-refractivity contribution in [2.75, 3.05) is 0 Å². The van der Waals surface area contributed by atoms with Crippen LogP contribution >= 0.6 is 0 Å². The average molecular weight is 2050 g/mol. The second-order valence-electron chi connectivity index (χ2n) is 49.6. The van der Waals surface area contributed by atoms with Crippen molar-refractivity contribution in [2.45, 2.75) is 433 Å². The summed E-state index contributed by atoms with van der Waals surface area (Å²) in [7, 11) is 7.43. The first-order valence-corrected chi connectivity index (χ1v) is 49.4. The maximum absolute atomic E-state index is 10.9. The Balaban J connectivity index is 0.000000803. The average Bonchev–Trinajstić information content (AvgIpc) is 1.64. The van der Waals surface area contributed by atoms with Gasteiger partial charge in [-0.25, -0.2) is 57.7 Å². The summed E-state index contributed by atoms with van der Waals surface area (Å²) in [6, 6.07) is 6.93. The Morgan fingerprint density at radius 2 is 0.803 bits per heavy atom. The SMILES string of the molecule is Cc1[nH]c([N+](=O)[O-])nc1C(C)(C)C.Cc1c(C(C)(C)C)nc([N+](=O)[O-])n1C.Cc1cc(C)n(C(C)(C)C)c1[N+](=O)[O-].Cc1ccc([N+](=O)[O-])n1C(C)(C)C.Cc1ccn(C(C)(C)C)c1[N+](=O)[O-].Cc1cn(C(C)(C)C)c(C)n1.Cc1nc(C(C)(C)C)cn1C.Cc1nc(C)n(C(C)(C)C)c1C.Cc1nc([N+](=O)[O-])n(C)c1C(C)(C)C.Cc1ncc(C(C)(C)C)[nH]1.Cc1ncc(C(C)(C)C)n1C.Cc1ncn(C(C)(C)C)c1C. The second-order valence-corrected chi connectivity index (χ2v) is 49.6. The van der Waals surface area contributed by atoms with E-state index in [9.17, 15) is 60.7 Å². The molecule has 0 spiro atoms. The van der Waals surface area contributed by atoms with E-state index in [0.29, 0.717) is 5.56 Å². The molecule has 0 saturated carbocycles. The number of nitrogens with one attached hydrogen (secondary N) is 2. The Morgan fingerprint density at radius 3 is 1.03 bits per heavy atom. The molecule has 0 aliphatic rings. The van der Waals surface area contributed by atoms with Crippen LogP contribution < -0.4 is 0 Å². The molecule has 0 aliphatic heterocycles. The van der Waals surface area contributed by atoms with E-state index < -0.39 is 14.8 Å². The summed E-state index contributed by atoms with van der Waals surface area (Å²) in [5.74, 6) is 5.54. The lowest BCUT2D eigenvalue weighted by Gasteiger charge is -2.24. The van der Waals surface area contributed by atoms with Gasteiger partial charge in [-0.2, -0.15) is 0 Å². The molecule has 0 aliphatic carbocycles. The van der Waals surface area contributed by atoms with Gasteiger partial charge in [0.15, 0.2) is 17.1 Å². The lowest BCUT2D eigenvalue weighted by molar-refractivity contribution is -0.396. The van der Waals surface area contributed by atoms with Gasteiger partial charge in [0.05, 0.1) is 49.4 Å². The monoisotopic (exact) mass is 2050 g/mol. The van der Waals surface area contributed by atoms with Crippen LogP contribution in [0.1, 0.15) is 381 Å². The van der Waals surface area contributed by atoms with Gasteiger partial charge in [0.2, 0.25) is 0 Å². The molecule has 39 nitrogen and oxygen atoms in total. The van der Waals surface area contributed by atoms with Crippen molar-refractivity contribution in [1.82, 2.24) is 100 Å². The van der Waals surface area contributed by atoms with Gasteiger partial charge in [-0.05, 0) is 290 Å². The van der Waals surface area contributed by atoms with E-state index in [-0.39, 0.29) is 116 Å². The van der Waals surface area contributed by atoms with E-state index in [1.165, 1.54) is 27.3 Å². The zero-order valence-corrected chi connectivity index (χ0v) is 100. The highest BCUT2D eigenvalue weighted by Gasteiger charge is 2.36. The number of nitro groups is 6. The molecule has 0 fully saturated rings. The molecule has 12 heterocycles. The molecule has 12 rings (SSSR count). The normalized spacial score (nSPS) is 11.9. The van der Waals surface area contributed by atoms with Crippen LogP contribution in [0.2, 0.25) is 0 Å². The zero-order chi connectivity index (χ0) is 116. The van der Waals surface area contributed by atoms with Crippen LogP contribution in [0.4, 0.5) is 35.3 Å². The Kier molecular flexibility index (Phi) is 45.1. The number of aryl methyl sites for hydroxylation is 15. The first kappa shape index (κ1) is 132. The minimum absolute atomic E-state index is 0.0903. The minimum Gasteiger partial charge on any atom is -0.390 e. The van der Waals surface area contributed by atoms with Gasteiger partial charge >= 0.3 is 35.3 Å². The van der Waals surface area contributed by atoms with Crippen molar-refractivity contribution >= 4 is 35.3 Å². The minimum atomic E-state index is -0.512. The number of H-pyrrole nitrogens is 2. The number of aromatic amines is 2. The summed E-state index contributed by atoms with van der Waals surface area (Å²) in [4.78, 5) is 105. The molecular formula is C108H183N27O12. The van der Waals surface area contributed by atoms with Crippen molar-refractivity contribution in [3.63, 3.8) is 0 Å². The highest BCUT2D eigenvalue weighted by Crippen LogP contribution is 2.36. The van der Waals surface area contributed by atoms with Crippen LogP contribution in [0.5, 0.6) is 0 Å². The molecule has 147 heavy (non-hydrogen) atoms. The third-order valence-electron chi connectivity index (χ3n) is 23.4. The highest BCUT2D eigenvalue weighted by molar-refractivity contribution is 5.40. The zero-order valence-electron chi connectivity index (χ0n) is 100. The Labute approximate surface area is 875 Å². The molecule has 0 saturated heterocycles. The lowest BCUT2D eigenvalue weighted by Crippen LogP contribution is -2.24. The van der Waals surface area contributed by atoms with Crippen LogP contribution in [0.3, 0.4) is 0 Å². The smallest absolute Gasteiger partial charge is 0.390 e. The maximum Gasteiger partial charge on any atom is 0.434 e. The Morgan fingerprint density at radius 1 is 0.327 bits per heavy atom. The topological polar surface area (TPSA) is 456 Å². The number of hydrogen-bond acceptors (Lipinski definition) is 21. The lowest BCUT2D eigenvalue weighted by atomic mass is 9.91. The second kappa shape index (κ2) is 50.2. The molecule has 39 heteroatoms. The quantitative estimate of drug-likeness (QED) is 0.115. The molecule has 12 aromatic heterocycles. The van der Waals surface area contributed by atoms with E-state index in [4.69, 9.17) is 0 Å². The first-order chi connectivity index (χ1) is 65.7. The van der Waals surface area contributed by atoms with Gasteiger partial charge < -0.3 is 88.5 Å². The van der Waals surface area contributed by atoms with Crippen molar-refractivity contribution in [3.05, 3.63) is 254 Å². The van der Waals surface area contributed by atoms with E-state index in [2.05, 4.69) is 249 Å². The summed E-state index contributed by atoms with van der Waals surface area (Å²) in [6.07, 6.45) is 11.7. The van der Waals surface area contributed by atoms with E-state index in [0.717, 1.165) is 103 Å². The van der Waals surface area contributed by atoms with Gasteiger partial charge in [-0.15, -0.1) is 0 Å². The van der Waals surface area contributed by atoms with E-state index in [1.807, 2.05) is 219 Å². The summed E-state index contributed by atoms with van der Waals surface area (Å²) in [5.41, 5.74) is 17.5. The molecule has 12 aromatic rings. The Hall–Kier alpha value is -12.9. The number of hydrogen-bond donors (Lipinski definition) is 2. The van der Waals surface area contributed by atoms with Crippen molar-refractivity contribution in [3.8, 4) is 0 Å². The summed E-state index contributed by atoms with van der Waals surface area (Å²) in [6.45, 7) is 108. The third-order valence-corrected chi connectivity index (χ3v) is 23.4.